The number of nitrogens with zero attached hydrogens (tertiary/aromatic N) is 1. The van der Waals surface area contributed by atoms with Gasteiger partial charge in [0.05, 0.1) is 5.69 Å². The molecule has 2 N–H and O–H groups in total. The fourth-order valence-electron chi connectivity index (χ4n) is 0.654. The van der Waals surface area contributed by atoms with E-state index in [-0.39, 0.29) is 0 Å². The Balaban J connectivity index is 2.74. The molecule has 1 aromatic heterocycles. The van der Waals surface area contributed by atoms with E-state index in [4.69, 9.17) is 9.63 Å². The third kappa shape index (κ3) is 1.34. The predicted octanol–water partition coefficient (Wildman–Crippen LogP) is 0.193. The third-order valence-corrected chi connectivity index (χ3v) is 1.19. The first-order valence-corrected chi connectivity index (χ1v) is 3.02. The van der Waals surface area contributed by atoms with Gasteiger partial charge in [-0.1, -0.05) is 5.16 Å². The normalized spacial score (nSPS) is 13.5. The number of aliphatic hydroxyl groups excluding tert-OH is 1. The zero-order valence-electron chi connectivity index (χ0n) is 5.96. The van der Waals surface area contributed by atoms with Crippen LogP contribution in [0.25, 0.3) is 0 Å². The van der Waals surface area contributed by atoms with Gasteiger partial charge in [-0.15, -0.1) is 0 Å². The Hall–Kier alpha value is -0.870. The van der Waals surface area contributed by atoms with Crippen molar-refractivity contribution in [2.75, 3.05) is 7.05 Å². The van der Waals surface area contributed by atoms with E-state index in [1.165, 1.54) is 0 Å². The Morgan fingerprint density at radius 3 is 2.90 bits per heavy atom. The average molecular weight is 142 g/mol. The molecular formula is C6H10N2O2. The molecule has 0 aliphatic carbocycles. The lowest BCUT2D eigenvalue weighted by atomic mass is 10.3. The van der Waals surface area contributed by atoms with Crippen LogP contribution in [0.1, 0.15) is 17.7 Å². The zero-order chi connectivity index (χ0) is 7.56. The van der Waals surface area contributed by atoms with Gasteiger partial charge in [-0.25, -0.2) is 0 Å². The highest BCUT2D eigenvalue weighted by Gasteiger charge is 2.08. The van der Waals surface area contributed by atoms with Gasteiger partial charge in [-0.05, 0) is 14.0 Å². The van der Waals surface area contributed by atoms with E-state index in [0.29, 0.717) is 5.76 Å². The minimum absolute atomic E-state index is 0.444. The maximum absolute atomic E-state index is 9.10. The molecular weight excluding hydrogens is 132 g/mol. The highest BCUT2D eigenvalue weighted by molar-refractivity contribution is 5.04. The molecule has 0 fully saturated rings. The first-order chi connectivity index (χ1) is 4.74. The number of aryl methyl sites for hydroxylation is 1. The maximum Gasteiger partial charge on any atom is 0.180 e. The molecule has 1 heterocycles. The van der Waals surface area contributed by atoms with Crippen molar-refractivity contribution in [1.29, 1.82) is 0 Å². The van der Waals surface area contributed by atoms with Crippen LogP contribution in [0, 0.1) is 6.92 Å². The summed E-state index contributed by atoms with van der Waals surface area (Å²) in [6, 6.07) is 1.68. The number of rotatable bonds is 2. The number of hydrogen-bond donors (Lipinski definition) is 2. The Morgan fingerprint density at radius 2 is 2.50 bits per heavy atom. The number of aliphatic hydroxyl groups is 1. The van der Waals surface area contributed by atoms with Gasteiger partial charge < -0.3 is 9.63 Å². The smallest absolute Gasteiger partial charge is 0.180 e. The van der Waals surface area contributed by atoms with E-state index < -0.39 is 6.23 Å². The van der Waals surface area contributed by atoms with E-state index in [9.17, 15) is 0 Å². The predicted molar refractivity (Wildman–Crippen MR) is 35.3 cm³/mol. The van der Waals surface area contributed by atoms with Crippen molar-refractivity contribution < 1.29 is 9.63 Å². The van der Waals surface area contributed by atoms with Crippen molar-refractivity contribution in [2.24, 2.45) is 0 Å². The molecule has 0 spiro atoms. The van der Waals surface area contributed by atoms with Crippen LogP contribution >= 0.6 is 0 Å². The number of aromatic nitrogens is 1. The first kappa shape index (κ1) is 7.24. The first-order valence-electron chi connectivity index (χ1n) is 3.02. The maximum atomic E-state index is 9.10. The van der Waals surface area contributed by atoms with E-state index in [1.807, 2.05) is 0 Å². The lowest BCUT2D eigenvalue weighted by Gasteiger charge is -2.01. The quantitative estimate of drug-likeness (QED) is 0.579. The minimum atomic E-state index is -0.749. The number of hydrogen-bond acceptors (Lipinski definition) is 4. The molecule has 10 heavy (non-hydrogen) atoms. The molecule has 4 nitrogen and oxygen atoms in total. The summed E-state index contributed by atoms with van der Waals surface area (Å²) in [5.74, 6) is 0.444. The van der Waals surface area contributed by atoms with Gasteiger partial charge in [0.2, 0.25) is 0 Å². The molecule has 0 amide bonds. The van der Waals surface area contributed by atoms with Crippen LogP contribution in [0.2, 0.25) is 0 Å². The van der Waals surface area contributed by atoms with E-state index in [0.717, 1.165) is 5.69 Å². The summed E-state index contributed by atoms with van der Waals surface area (Å²) in [4.78, 5) is 0. The molecule has 4 heteroatoms. The van der Waals surface area contributed by atoms with Crippen LogP contribution in [0.3, 0.4) is 0 Å². The summed E-state index contributed by atoms with van der Waals surface area (Å²) in [5, 5.41) is 15.3. The molecule has 0 aliphatic heterocycles. The molecule has 0 saturated carbocycles. The summed E-state index contributed by atoms with van der Waals surface area (Å²) < 4.78 is 4.75. The fourth-order valence-corrected chi connectivity index (χ4v) is 0.654. The lowest BCUT2D eigenvalue weighted by Crippen LogP contribution is -2.14. The van der Waals surface area contributed by atoms with Crippen molar-refractivity contribution in [1.82, 2.24) is 10.5 Å². The van der Waals surface area contributed by atoms with Gasteiger partial charge >= 0.3 is 0 Å². The second-order valence-electron chi connectivity index (χ2n) is 2.06. The summed E-state index contributed by atoms with van der Waals surface area (Å²) in [5.41, 5.74) is 0.768. The highest BCUT2D eigenvalue weighted by atomic mass is 16.5. The van der Waals surface area contributed by atoms with Gasteiger partial charge in [0.1, 0.15) is 0 Å². The molecule has 1 rings (SSSR count). The molecule has 0 aromatic carbocycles. The van der Waals surface area contributed by atoms with Crippen LogP contribution < -0.4 is 5.32 Å². The fraction of sp³-hybridized carbons (Fsp3) is 0.500. The molecule has 56 valence electrons. The van der Waals surface area contributed by atoms with Gasteiger partial charge in [-0.2, -0.15) is 0 Å². The summed E-state index contributed by atoms with van der Waals surface area (Å²) in [6.07, 6.45) is -0.749. The Kier molecular flexibility index (Phi) is 2.03. The average Bonchev–Trinajstić information content (AvgIpc) is 2.34. The molecule has 0 radical (unpaired) electrons. The Bertz CT molecular complexity index is 209. The molecule has 0 aliphatic rings. The van der Waals surface area contributed by atoms with Crippen molar-refractivity contribution in [3.63, 3.8) is 0 Å². The Labute approximate surface area is 58.8 Å². The monoisotopic (exact) mass is 142 g/mol. The summed E-state index contributed by atoms with van der Waals surface area (Å²) in [7, 11) is 1.64. The van der Waals surface area contributed by atoms with Crippen LogP contribution in [0.15, 0.2) is 10.6 Å². The van der Waals surface area contributed by atoms with Crippen molar-refractivity contribution in [3.8, 4) is 0 Å². The molecule has 0 saturated heterocycles. The summed E-state index contributed by atoms with van der Waals surface area (Å²) in [6.45, 7) is 1.80. The largest absolute Gasteiger partial charge is 0.371 e. The van der Waals surface area contributed by atoms with E-state index in [1.54, 1.807) is 20.0 Å². The molecule has 0 bridgehead atoms. The van der Waals surface area contributed by atoms with E-state index in [2.05, 4.69) is 10.5 Å². The molecule has 0 unspecified atom stereocenters. The van der Waals surface area contributed by atoms with Crippen molar-refractivity contribution in [3.05, 3.63) is 17.5 Å². The van der Waals surface area contributed by atoms with E-state index >= 15 is 0 Å². The van der Waals surface area contributed by atoms with Gasteiger partial charge in [0, 0.05) is 6.07 Å². The molecule has 1 aromatic rings. The summed E-state index contributed by atoms with van der Waals surface area (Å²) >= 11 is 0. The van der Waals surface area contributed by atoms with Crippen molar-refractivity contribution in [2.45, 2.75) is 13.2 Å². The molecule has 1 atom stereocenters. The SMILES string of the molecule is CN[C@H](O)c1cc(C)no1. The van der Waals surface area contributed by atoms with Crippen molar-refractivity contribution >= 4 is 0 Å². The van der Waals surface area contributed by atoms with Gasteiger partial charge in [-0.3, -0.25) is 5.32 Å². The lowest BCUT2D eigenvalue weighted by molar-refractivity contribution is 0.114. The third-order valence-electron chi connectivity index (χ3n) is 1.19. The minimum Gasteiger partial charge on any atom is -0.371 e. The van der Waals surface area contributed by atoms with Crippen LogP contribution in [0.4, 0.5) is 0 Å². The Morgan fingerprint density at radius 1 is 1.80 bits per heavy atom. The van der Waals surface area contributed by atoms with Crippen LogP contribution in [-0.4, -0.2) is 17.3 Å². The van der Waals surface area contributed by atoms with Gasteiger partial charge in [0.25, 0.3) is 0 Å². The number of nitrogens with one attached hydrogen (secondary N) is 1. The van der Waals surface area contributed by atoms with Crippen LogP contribution in [-0.2, 0) is 0 Å². The topological polar surface area (TPSA) is 58.3 Å². The standard InChI is InChI=1S/C6H10N2O2/c1-4-3-5(10-8-4)6(9)7-2/h3,6-7,9H,1-2H3/t6-/m1/s1. The second kappa shape index (κ2) is 2.81. The highest BCUT2D eigenvalue weighted by Crippen LogP contribution is 2.09. The second-order valence-corrected chi connectivity index (χ2v) is 2.06. The van der Waals surface area contributed by atoms with Gasteiger partial charge in [0.15, 0.2) is 12.0 Å². The zero-order valence-corrected chi connectivity index (χ0v) is 5.96. The van der Waals surface area contributed by atoms with Crippen LogP contribution in [0.5, 0.6) is 0 Å².